The van der Waals surface area contributed by atoms with Crippen molar-refractivity contribution in [1.29, 1.82) is 5.41 Å². The maximum absolute atomic E-state index is 8.32. The first-order chi connectivity index (χ1) is 9.06. The van der Waals surface area contributed by atoms with Gasteiger partial charge in [0.2, 0.25) is 0 Å². The number of hydrogen-bond acceptors (Lipinski definition) is 4. The fourth-order valence-electron chi connectivity index (χ4n) is 2.93. The Morgan fingerprint density at radius 2 is 2.21 bits per heavy atom. The van der Waals surface area contributed by atoms with E-state index in [0.29, 0.717) is 17.1 Å². The standard InChI is InChI=1S/C15H23N3O/c1-15(10-19-2)7-5-11(6-8-15)13(17)14-12(16)4-3-9-18-14/h3-4,9,11,17H,5-8,10,16H2,1-2H3. The highest BCUT2D eigenvalue weighted by atomic mass is 16.5. The summed E-state index contributed by atoms with van der Waals surface area (Å²) in [5, 5.41) is 8.32. The number of anilines is 1. The van der Waals surface area contributed by atoms with E-state index in [1.807, 2.05) is 12.1 Å². The minimum absolute atomic E-state index is 0.265. The van der Waals surface area contributed by atoms with Crippen LogP contribution in [0.4, 0.5) is 5.69 Å². The maximum Gasteiger partial charge on any atom is 0.107 e. The lowest BCUT2D eigenvalue weighted by atomic mass is 9.70. The normalized spacial score (nSPS) is 27.2. The van der Waals surface area contributed by atoms with E-state index in [2.05, 4.69) is 11.9 Å². The molecule has 1 heterocycles. The molecule has 0 spiro atoms. The number of nitrogens with one attached hydrogen (secondary N) is 1. The van der Waals surface area contributed by atoms with Gasteiger partial charge in [0.1, 0.15) is 5.69 Å². The monoisotopic (exact) mass is 261 g/mol. The number of aromatic nitrogens is 1. The number of nitrogen functional groups attached to an aromatic ring is 1. The molecule has 0 saturated heterocycles. The zero-order valence-corrected chi connectivity index (χ0v) is 11.8. The van der Waals surface area contributed by atoms with E-state index in [1.165, 1.54) is 0 Å². The summed E-state index contributed by atoms with van der Waals surface area (Å²) >= 11 is 0. The minimum atomic E-state index is 0.265. The lowest BCUT2D eigenvalue weighted by Crippen LogP contribution is -2.32. The van der Waals surface area contributed by atoms with Crippen LogP contribution in [-0.2, 0) is 4.74 Å². The molecule has 1 aromatic rings. The summed E-state index contributed by atoms with van der Waals surface area (Å²) in [5.41, 5.74) is 8.03. The third-order valence-corrected chi connectivity index (χ3v) is 4.19. The molecule has 19 heavy (non-hydrogen) atoms. The highest BCUT2D eigenvalue weighted by Crippen LogP contribution is 2.40. The predicted octanol–water partition coefficient (Wildman–Crippen LogP) is 2.87. The van der Waals surface area contributed by atoms with E-state index in [0.717, 1.165) is 32.3 Å². The molecular weight excluding hydrogens is 238 g/mol. The van der Waals surface area contributed by atoms with Crippen LogP contribution in [0.15, 0.2) is 18.3 Å². The van der Waals surface area contributed by atoms with E-state index < -0.39 is 0 Å². The number of pyridine rings is 1. The van der Waals surface area contributed by atoms with Crippen LogP contribution in [0.3, 0.4) is 0 Å². The van der Waals surface area contributed by atoms with Crippen LogP contribution in [0.1, 0.15) is 38.3 Å². The molecule has 1 aliphatic carbocycles. The van der Waals surface area contributed by atoms with Crippen LogP contribution in [0.5, 0.6) is 0 Å². The Morgan fingerprint density at radius 1 is 1.53 bits per heavy atom. The van der Waals surface area contributed by atoms with E-state index in [9.17, 15) is 0 Å². The lowest BCUT2D eigenvalue weighted by Gasteiger charge is -2.37. The van der Waals surface area contributed by atoms with Crippen LogP contribution in [-0.4, -0.2) is 24.4 Å². The third-order valence-electron chi connectivity index (χ3n) is 4.19. The van der Waals surface area contributed by atoms with Crippen LogP contribution >= 0.6 is 0 Å². The molecule has 104 valence electrons. The molecule has 4 heteroatoms. The first kappa shape index (κ1) is 14.0. The Bertz CT molecular complexity index is 450. The minimum Gasteiger partial charge on any atom is -0.397 e. The Labute approximate surface area is 114 Å². The van der Waals surface area contributed by atoms with E-state index >= 15 is 0 Å². The molecule has 0 radical (unpaired) electrons. The number of hydrogen-bond donors (Lipinski definition) is 2. The van der Waals surface area contributed by atoms with Gasteiger partial charge in [0.25, 0.3) is 0 Å². The highest BCUT2D eigenvalue weighted by molar-refractivity contribution is 6.02. The molecule has 1 aromatic heterocycles. The quantitative estimate of drug-likeness (QED) is 0.819. The first-order valence-corrected chi connectivity index (χ1v) is 6.84. The predicted molar refractivity (Wildman–Crippen MR) is 77.4 cm³/mol. The van der Waals surface area contributed by atoms with Gasteiger partial charge in [-0.1, -0.05) is 6.92 Å². The van der Waals surface area contributed by atoms with Crippen molar-refractivity contribution in [2.24, 2.45) is 11.3 Å². The van der Waals surface area contributed by atoms with Crippen molar-refractivity contribution in [3.8, 4) is 0 Å². The Balaban J connectivity index is 2.02. The largest absolute Gasteiger partial charge is 0.397 e. The molecule has 0 bridgehead atoms. The van der Waals surface area contributed by atoms with Gasteiger partial charge < -0.3 is 15.9 Å². The van der Waals surface area contributed by atoms with Gasteiger partial charge in [-0.25, -0.2) is 0 Å². The number of nitrogens with two attached hydrogens (primary N) is 1. The summed E-state index contributed by atoms with van der Waals surface area (Å²) < 4.78 is 5.30. The van der Waals surface area contributed by atoms with Gasteiger partial charge in [-0.15, -0.1) is 0 Å². The van der Waals surface area contributed by atoms with Gasteiger partial charge in [0.15, 0.2) is 0 Å². The third kappa shape index (κ3) is 3.13. The van der Waals surface area contributed by atoms with Gasteiger partial charge in [-0.2, -0.15) is 0 Å². The second kappa shape index (κ2) is 5.70. The van der Waals surface area contributed by atoms with Gasteiger partial charge >= 0.3 is 0 Å². The number of ether oxygens (including phenoxy) is 1. The van der Waals surface area contributed by atoms with E-state index in [1.54, 1.807) is 13.3 Å². The lowest BCUT2D eigenvalue weighted by molar-refractivity contribution is 0.0570. The maximum atomic E-state index is 8.32. The SMILES string of the molecule is COCC1(C)CCC(C(=N)c2ncccc2N)CC1. The van der Waals surface area contributed by atoms with E-state index in [-0.39, 0.29) is 11.3 Å². The van der Waals surface area contributed by atoms with E-state index in [4.69, 9.17) is 15.9 Å². The average Bonchev–Trinajstić information content (AvgIpc) is 2.39. The second-order valence-corrected chi connectivity index (χ2v) is 5.87. The van der Waals surface area contributed by atoms with Crippen LogP contribution < -0.4 is 5.73 Å². The number of nitrogens with zero attached hydrogens (tertiary/aromatic N) is 1. The molecule has 1 fully saturated rings. The summed E-state index contributed by atoms with van der Waals surface area (Å²) in [6.07, 6.45) is 5.95. The van der Waals surface area contributed by atoms with Crippen molar-refractivity contribution in [1.82, 2.24) is 4.98 Å². The van der Waals surface area contributed by atoms with Gasteiger partial charge in [0.05, 0.1) is 18.0 Å². The fraction of sp³-hybridized carbons (Fsp3) is 0.600. The molecule has 0 amide bonds. The van der Waals surface area contributed by atoms with Crippen molar-refractivity contribution in [3.05, 3.63) is 24.0 Å². The molecule has 2 rings (SSSR count). The van der Waals surface area contributed by atoms with Gasteiger partial charge in [-0.3, -0.25) is 4.98 Å². The Morgan fingerprint density at radius 3 is 2.79 bits per heavy atom. The summed E-state index contributed by atoms with van der Waals surface area (Å²) in [7, 11) is 1.76. The summed E-state index contributed by atoms with van der Waals surface area (Å²) in [5.74, 6) is 0.280. The summed E-state index contributed by atoms with van der Waals surface area (Å²) in [4.78, 5) is 4.25. The van der Waals surface area contributed by atoms with Crippen molar-refractivity contribution in [3.63, 3.8) is 0 Å². The van der Waals surface area contributed by atoms with Crippen LogP contribution in [0.2, 0.25) is 0 Å². The Kier molecular flexibility index (Phi) is 4.20. The Hall–Kier alpha value is -1.42. The van der Waals surface area contributed by atoms with Crippen molar-refractivity contribution in [2.45, 2.75) is 32.6 Å². The zero-order valence-electron chi connectivity index (χ0n) is 11.8. The molecular formula is C15H23N3O. The molecule has 0 atom stereocenters. The molecule has 1 aliphatic rings. The molecule has 1 saturated carbocycles. The van der Waals surface area contributed by atoms with Crippen molar-refractivity contribution in [2.75, 3.05) is 19.5 Å². The zero-order chi connectivity index (χ0) is 13.9. The van der Waals surface area contributed by atoms with Crippen molar-refractivity contribution < 1.29 is 4.74 Å². The first-order valence-electron chi connectivity index (χ1n) is 6.84. The number of methoxy groups -OCH3 is 1. The summed E-state index contributed by atoms with van der Waals surface area (Å²) in [6, 6.07) is 3.62. The highest BCUT2D eigenvalue weighted by Gasteiger charge is 2.33. The summed E-state index contributed by atoms with van der Waals surface area (Å²) in [6.45, 7) is 3.07. The molecule has 0 unspecified atom stereocenters. The molecule has 4 nitrogen and oxygen atoms in total. The van der Waals surface area contributed by atoms with Crippen LogP contribution in [0, 0.1) is 16.7 Å². The smallest absolute Gasteiger partial charge is 0.107 e. The topological polar surface area (TPSA) is 72.0 Å². The molecule has 0 aromatic carbocycles. The van der Waals surface area contributed by atoms with Crippen molar-refractivity contribution >= 4 is 11.4 Å². The average molecular weight is 261 g/mol. The molecule has 0 aliphatic heterocycles. The van der Waals surface area contributed by atoms with Gasteiger partial charge in [0, 0.05) is 19.2 Å². The fourth-order valence-corrected chi connectivity index (χ4v) is 2.93. The number of rotatable bonds is 4. The second-order valence-electron chi connectivity index (χ2n) is 5.87. The van der Waals surface area contributed by atoms with Crippen LogP contribution in [0.25, 0.3) is 0 Å². The van der Waals surface area contributed by atoms with Gasteiger partial charge in [-0.05, 0) is 43.2 Å². The molecule has 3 N–H and O–H groups in total.